The van der Waals surface area contributed by atoms with E-state index >= 15 is 0 Å². The number of hydrogen-bond acceptors (Lipinski definition) is 4. The Balaban J connectivity index is 1.18. The normalized spacial score (nSPS) is 18.9. The topological polar surface area (TPSA) is 53.4 Å². The first-order chi connectivity index (χ1) is 16.1. The van der Waals surface area contributed by atoms with Crippen LogP contribution in [0.2, 0.25) is 0 Å². The predicted molar refractivity (Wildman–Crippen MR) is 133 cm³/mol. The number of carbonyl (C=O) groups is 1. The van der Waals surface area contributed by atoms with E-state index in [1.165, 1.54) is 5.69 Å². The molecule has 2 aliphatic rings. The van der Waals surface area contributed by atoms with Crippen LogP contribution < -0.4 is 10.2 Å². The third-order valence-electron chi connectivity index (χ3n) is 6.94. The Morgan fingerprint density at radius 2 is 1.73 bits per heavy atom. The van der Waals surface area contributed by atoms with Crippen molar-refractivity contribution in [2.75, 3.05) is 31.1 Å². The molecule has 33 heavy (non-hydrogen) atoms. The largest absolute Gasteiger partial charge is 0.369 e. The summed E-state index contributed by atoms with van der Waals surface area (Å²) in [5, 5.41) is 3.23. The van der Waals surface area contributed by atoms with Gasteiger partial charge in [-0.25, -0.2) is 4.98 Å². The van der Waals surface area contributed by atoms with Gasteiger partial charge in [0.1, 0.15) is 5.82 Å². The third-order valence-corrected chi connectivity index (χ3v) is 6.94. The minimum atomic E-state index is 0.00280. The molecule has 3 heterocycles. The van der Waals surface area contributed by atoms with Crippen LogP contribution in [-0.2, 0) is 13.0 Å². The highest BCUT2D eigenvalue weighted by molar-refractivity contribution is 5.94. The molecule has 0 saturated carbocycles. The van der Waals surface area contributed by atoms with Gasteiger partial charge < -0.3 is 14.8 Å². The molecule has 1 unspecified atom stereocenters. The average molecular weight is 444 g/mol. The number of aromatic nitrogens is 2. The summed E-state index contributed by atoms with van der Waals surface area (Å²) >= 11 is 0. The fraction of sp³-hybridized carbons (Fsp3) is 0.407. The number of fused-ring (bicyclic) bond motifs is 1. The smallest absolute Gasteiger partial charge is 0.251 e. The highest BCUT2D eigenvalue weighted by atomic mass is 16.1. The van der Waals surface area contributed by atoms with Gasteiger partial charge in [-0.3, -0.25) is 9.69 Å². The van der Waals surface area contributed by atoms with Gasteiger partial charge >= 0.3 is 0 Å². The first kappa shape index (κ1) is 21.7. The molecular formula is C27H33N5O. The first-order valence-electron chi connectivity index (χ1n) is 12.1. The van der Waals surface area contributed by atoms with Crippen LogP contribution in [0.1, 0.15) is 36.5 Å². The molecule has 1 N–H and O–H groups in total. The molecule has 0 aliphatic carbocycles. The summed E-state index contributed by atoms with van der Waals surface area (Å²) in [7, 11) is 0. The van der Waals surface area contributed by atoms with Crippen molar-refractivity contribution in [2.45, 2.75) is 45.3 Å². The van der Waals surface area contributed by atoms with Crippen LogP contribution in [0.25, 0.3) is 11.3 Å². The number of benzene rings is 2. The number of anilines is 1. The minimum Gasteiger partial charge on any atom is -0.369 e. The zero-order valence-electron chi connectivity index (χ0n) is 19.6. The molecule has 2 aromatic carbocycles. The maximum atomic E-state index is 12.9. The molecule has 0 radical (unpaired) electrons. The number of nitrogens with one attached hydrogen (secondary N) is 1. The van der Waals surface area contributed by atoms with Crippen molar-refractivity contribution < 1.29 is 4.79 Å². The van der Waals surface area contributed by atoms with Crippen LogP contribution >= 0.6 is 0 Å². The summed E-state index contributed by atoms with van der Waals surface area (Å²) in [6, 6.07) is 19.1. The van der Waals surface area contributed by atoms with Crippen LogP contribution in [0.4, 0.5) is 5.69 Å². The molecule has 1 saturated heterocycles. The third kappa shape index (κ3) is 4.81. The fourth-order valence-electron chi connectivity index (χ4n) is 4.90. The van der Waals surface area contributed by atoms with E-state index in [0.29, 0.717) is 6.04 Å². The lowest BCUT2D eigenvalue weighted by molar-refractivity contribution is 0.0927. The Hall–Kier alpha value is -3.12. The number of hydrogen-bond donors (Lipinski definition) is 1. The lowest BCUT2D eigenvalue weighted by atomic mass is 10.1. The summed E-state index contributed by atoms with van der Waals surface area (Å²) in [4.78, 5) is 22.6. The molecule has 1 fully saturated rings. The van der Waals surface area contributed by atoms with Crippen molar-refractivity contribution in [1.82, 2.24) is 19.8 Å². The summed E-state index contributed by atoms with van der Waals surface area (Å²) in [6.07, 6.45) is 3.89. The molecule has 6 heteroatoms. The Morgan fingerprint density at radius 3 is 2.42 bits per heavy atom. The SMILES string of the molecule is CC(C)N1CCN(c2ccc(C(=O)NC3CCc4nc(-c5ccccc5)cn4C3)cc2)CC1. The standard InChI is InChI=1S/C27H33N5O/c1-20(2)30-14-16-31(17-15-30)24-11-8-22(9-12-24)27(33)28-23-10-13-26-29-25(19-32(26)18-23)21-6-4-3-5-7-21/h3-9,11-12,19-20,23H,10,13-18H2,1-2H3,(H,28,33). The van der Waals surface area contributed by atoms with E-state index in [-0.39, 0.29) is 11.9 Å². The Morgan fingerprint density at radius 1 is 1.00 bits per heavy atom. The van der Waals surface area contributed by atoms with E-state index in [9.17, 15) is 4.79 Å². The number of amides is 1. The monoisotopic (exact) mass is 443 g/mol. The zero-order valence-corrected chi connectivity index (χ0v) is 19.6. The molecule has 5 rings (SSSR count). The lowest BCUT2D eigenvalue weighted by Crippen LogP contribution is -2.48. The van der Waals surface area contributed by atoms with E-state index in [4.69, 9.17) is 4.98 Å². The summed E-state index contributed by atoms with van der Waals surface area (Å²) in [5.74, 6) is 1.10. The van der Waals surface area contributed by atoms with Gasteiger partial charge in [0.05, 0.1) is 5.69 Å². The second-order valence-electron chi connectivity index (χ2n) is 9.43. The van der Waals surface area contributed by atoms with E-state index in [1.807, 2.05) is 30.3 Å². The molecule has 1 aromatic heterocycles. The van der Waals surface area contributed by atoms with Gasteiger partial charge in [-0.05, 0) is 44.5 Å². The van der Waals surface area contributed by atoms with Crippen LogP contribution in [0.3, 0.4) is 0 Å². The van der Waals surface area contributed by atoms with E-state index < -0.39 is 0 Å². The van der Waals surface area contributed by atoms with Gasteiger partial charge in [0.15, 0.2) is 0 Å². The second kappa shape index (κ2) is 9.40. The highest BCUT2D eigenvalue weighted by Gasteiger charge is 2.23. The Kier molecular flexibility index (Phi) is 6.18. The summed E-state index contributed by atoms with van der Waals surface area (Å²) in [5.41, 5.74) is 4.05. The highest BCUT2D eigenvalue weighted by Crippen LogP contribution is 2.23. The molecule has 0 spiro atoms. The van der Waals surface area contributed by atoms with Gasteiger partial charge in [-0.15, -0.1) is 0 Å². The lowest BCUT2D eigenvalue weighted by Gasteiger charge is -2.38. The zero-order chi connectivity index (χ0) is 22.8. The van der Waals surface area contributed by atoms with E-state index in [2.05, 4.69) is 64.0 Å². The van der Waals surface area contributed by atoms with Gasteiger partial charge in [0.25, 0.3) is 5.91 Å². The number of piperazine rings is 1. The van der Waals surface area contributed by atoms with Gasteiger partial charge in [-0.1, -0.05) is 30.3 Å². The van der Waals surface area contributed by atoms with Crippen LogP contribution in [-0.4, -0.2) is 58.6 Å². The van der Waals surface area contributed by atoms with Gasteiger partial charge in [0, 0.05) is 74.2 Å². The molecule has 3 aromatic rings. The number of rotatable bonds is 5. The molecule has 1 amide bonds. The molecule has 6 nitrogen and oxygen atoms in total. The predicted octanol–water partition coefficient (Wildman–Crippen LogP) is 3.83. The molecular weight excluding hydrogens is 410 g/mol. The van der Waals surface area contributed by atoms with Gasteiger partial charge in [-0.2, -0.15) is 0 Å². The van der Waals surface area contributed by atoms with Crippen LogP contribution in [0, 0.1) is 0 Å². The fourth-order valence-corrected chi connectivity index (χ4v) is 4.90. The number of imidazole rings is 1. The second-order valence-corrected chi connectivity index (χ2v) is 9.43. The van der Waals surface area contributed by atoms with Crippen molar-refractivity contribution in [3.8, 4) is 11.3 Å². The number of aryl methyl sites for hydroxylation is 1. The Bertz CT molecular complexity index is 1080. The van der Waals surface area contributed by atoms with E-state index in [0.717, 1.165) is 68.2 Å². The molecule has 0 bridgehead atoms. The van der Waals surface area contributed by atoms with Crippen LogP contribution in [0.15, 0.2) is 60.8 Å². The van der Waals surface area contributed by atoms with Gasteiger partial charge in [0.2, 0.25) is 0 Å². The van der Waals surface area contributed by atoms with Crippen molar-refractivity contribution in [2.24, 2.45) is 0 Å². The van der Waals surface area contributed by atoms with Crippen molar-refractivity contribution >= 4 is 11.6 Å². The van der Waals surface area contributed by atoms with Crippen molar-refractivity contribution in [1.29, 1.82) is 0 Å². The van der Waals surface area contributed by atoms with Crippen molar-refractivity contribution in [3.05, 3.63) is 72.2 Å². The van der Waals surface area contributed by atoms with Crippen molar-refractivity contribution in [3.63, 3.8) is 0 Å². The summed E-state index contributed by atoms with van der Waals surface area (Å²) in [6.45, 7) is 9.51. The van der Waals surface area contributed by atoms with E-state index in [1.54, 1.807) is 0 Å². The minimum absolute atomic E-state index is 0.00280. The molecule has 2 aliphatic heterocycles. The Labute approximate surface area is 196 Å². The average Bonchev–Trinajstić information content (AvgIpc) is 3.28. The maximum absolute atomic E-state index is 12.9. The molecule has 172 valence electrons. The maximum Gasteiger partial charge on any atom is 0.251 e. The molecule has 1 atom stereocenters. The number of carbonyl (C=O) groups excluding carboxylic acids is 1. The summed E-state index contributed by atoms with van der Waals surface area (Å²) < 4.78 is 2.19. The quantitative estimate of drug-likeness (QED) is 0.651. The number of nitrogens with zero attached hydrogens (tertiary/aromatic N) is 4. The first-order valence-corrected chi connectivity index (χ1v) is 12.1. The van der Waals surface area contributed by atoms with Crippen LogP contribution in [0.5, 0.6) is 0 Å².